The average Bonchev–Trinajstić information content (AvgIpc) is 3.30. The molecule has 5 heteroatoms. The van der Waals surface area contributed by atoms with Gasteiger partial charge in [0, 0.05) is 41.8 Å². The highest BCUT2D eigenvalue weighted by molar-refractivity contribution is 7.99. The maximum atomic E-state index is 4.81. The zero-order chi connectivity index (χ0) is 15.1. The van der Waals surface area contributed by atoms with Gasteiger partial charge in [0.25, 0.3) is 0 Å². The van der Waals surface area contributed by atoms with E-state index in [0.29, 0.717) is 0 Å². The third-order valence-electron chi connectivity index (χ3n) is 4.04. The minimum absolute atomic E-state index is 0.891. The van der Waals surface area contributed by atoms with Crippen molar-refractivity contribution in [2.45, 2.75) is 24.7 Å². The van der Waals surface area contributed by atoms with Crippen LogP contribution in [-0.2, 0) is 7.05 Å². The second-order valence-corrected chi connectivity index (χ2v) is 7.04. The predicted molar refractivity (Wildman–Crippen MR) is 89.9 cm³/mol. The van der Waals surface area contributed by atoms with Crippen LogP contribution in [0.4, 0.5) is 0 Å². The monoisotopic (exact) mass is 310 g/mol. The van der Waals surface area contributed by atoms with Gasteiger partial charge < -0.3 is 4.57 Å². The molecule has 1 aliphatic rings. The topological polar surface area (TPSA) is 43.6 Å². The molecule has 0 aliphatic heterocycles. The van der Waals surface area contributed by atoms with E-state index in [1.54, 1.807) is 0 Å². The highest BCUT2D eigenvalue weighted by Crippen LogP contribution is 2.38. The summed E-state index contributed by atoms with van der Waals surface area (Å²) in [6, 6.07) is 4.15. The molecule has 112 valence electrons. The number of hydrogen-bond acceptors (Lipinski definition) is 4. The fourth-order valence-corrected chi connectivity index (χ4v) is 3.79. The molecule has 4 rings (SSSR count). The van der Waals surface area contributed by atoms with Crippen molar-refractivity contribution in [1.29, 1.82) is 0 Å². The number of thioether (sulfide) groups is 1. The maximum Gasteiger partial charge on any atom is 0.160 e. The number of pyridine rings is 2. The molecule has 1 saturated carbocycles. The largest absolute Gasteiger partial charge is 0.312 e. The molecule has 0 atom stereocenters. The highest BCUT2D eigenvalue weighted by Gasteiger charge is 2.22. The molecule has 0 unspecified atom stereocenters. The molecular weight excluding hydrogens is 292 g/mol. The van der Waals surface area contributed by atoms with E-state index in [2.05, 4.69) is 26.7 Å². The number of hydrogen-bond donors (Lipinski definition) is 0. The van der Waals surface area contributed by atoms with Crippen molar-refractivity contribution in [3.05, 3.63) is 36.3 Å². The Balaban J connectivity index is 1.79. The van der Waals surface area contributed by atoms with Crippen LogP contribution in [-0.4, -0.2) is 25.3 Å². The van der Waals surface area contributed by atoms with Crippen LogP contribution in [0.3, 0.4) is 0 Å². The van der Waals surface area contributed by atoms with Crippen LogP contribution in [0.1, 0.15) is 18.4 Å². The first-order chi connectivity index (χ1) is 10.7. The third-order valence-corrected chi connectivity index (χ3v) is 5.32. The summed E-state index contributed by atoms with van der Waals surface area (Å²) in [4.78, 5) is 14.8. The van der Waals surface area contributed by atoms with Crippen molar-refractivity contribution in [3.63, 3.8) is 0 Å². The van der Waals surface area contributed by atoms with E-state index in [0.717, 1.165) is 34.0 Å². The molecule has 3 aromatic rings. The van der Waals surface area contributed by atoms with E-state index in [4.69, 9.17) is 4.98 Å². The van der Waals surface area contributed by atoms with Crippen molar-refractivity contribution < 1.29 is 0 Å². The molecule has 0 bridgehead atoms. The van der Waals surface area contributed by atoms with Crippen LogP contribution in [0.25, 0.3) is 22.6 Å². The third kappa shape index (κ3) is 2.50. The van der Waals surface area contributed by atoms with Gasteiger partial charge in [-0.2, -0.15) is 0 Å². The fourth-order valence-electron chi connectivity index (χ4n) is 2.59. The molecule has 0 N–H and O–H groups in total. The van der Waals surface area contributed by atoms with E-state index in [1.165, 1.54) is 23.5 Å². The minimum atomic E-state index is 0.891. The second kappa shape index (κ2) is 5.39. The zero-order valence-electron chi connectivity index (χ0n) is 12.8. The van der Waals surface area contributed by atoms with Gasteiger partial charge in [0.1, 0.15) is 11.3 Å². The van der Waals surface area contributed by atoms with E-state index in [-0.39, 0.29) is 0 Å². The van der Waals surface area contributed by atoms with Crippen LogP contribution < -0.4 is 0 Å². The van der Waals surface area contributed by atoms with Crippen molar-refractivity contribution in [1.82, 2.24) is 19.5 Å². The van der Waals surface area contributed by atoms with Gasteiger partial charge in [-0.15, -0.1) is 11.8 Å². The van der Waals surface area contributed by atoms with Crippen molar-refractivity contribution >= 4 is 22.9 Å². The van der Waals surface area contributed by atoms with E-state index >= 15 is 0 Å². The quantitative estimate of drug-likeness (QED) is 0.687. The summed E-state index contributed by atoms with van der Waals surface area (Å²) in [5.74, 6) is 3.04. The van der Waals surface area contributed by atoms with Gasteiger partial charge in [0.2, 0.25) is 0 Å². The molecule has 4 nitrogen and oxygen atoms in total. The second-order valence-electron chi connectivity index (χ2n) is 5.98. The van der Waals surface area contributed by atoms with Gasteiger partial charge in [-0.3, -0.25) is 4.98 Å². The summed E-state index contributed by atoms with van der Waals surface area (Å²) in [7, 11) is 2.03. The van der Waals surface area contributed by atoms with Crippen molar-refractivity contribution in [2.75, 3.05) is 5.75 Å². The first-order valence-electron chi connectivity index (χ1n) is 7.58. The smallest absolute Gasteiger partial charge is 0.160 e. The van der Waals surface area contributed by atoms with Gasteiger partial charge in [-0.05, 0) is 43.4 Å². The lowest BCUT2D eigenvalue weighted by Gasteiger charge is -2.08. The maximum absolute atomic E-state index is 4.81. The molecular formula is C17H18N4S. The Hall–Kier alpha value is -1.88. The SMILES string of the molecule is Cc1cnc2c(c1)nc(-c1ccncc1SCC1CC1)n2C. The predicted octanol–water partition coefficient (Wildman–Crippen LogP) is 3.84. The van der Waals surface area contributed by atoms with Crippen LogP contribution in [0.5, 0.6) is 0 Å². The summed E-state index contributed by atoms with van der Waals surface area (Å²) in [6.45, 7) is 2.05. The highest BCUT2D eigenvalue weighted by atomic mass is 32.2. The Morgan fingerprint density at radius 2 is 2.18 bits per heavy atom. The molecule has 1 aliphatic carbocycles. The lowest BCUT2D eigenvalue weighted by molar-refractivity contribution is 0.935. The van der Waals surface area contributed by atoms with Crippen molar-refractivity contribution in [3.8, 4) is 11.4 Å². The Labute approximate surface area is 134 Å². The van der Waals surface area contributed by atoms with Crippen LogP contribution in [0, 0.1) is 12.8 Å². The Bertz CT molecular complexity index is 836. The van der Waals surface area contributed by atoms with E-state index in [1.807, 2.05) is 44.3 Å². The molecule has 0 spiro atoms. The first kappa shape index (κ1) is 13.8. The molecule has 0 radical (unpaired) electrons. The van der Waals surface area contributed by atoms with Gasteiger partial charge in [-0.25, -0.2) is 9.97 Å². The standard InChI is InChI=1S/C17H18N4S/c1-11-7-14-17(19-8-11)21(2)16(20-14)13-5-6-18-9-15(13)22-10-12-3-4-12/h5-9,12H,3-4,10H2,1-2H3. The number of rotatable bonds is 4. The molecule has 0 aromatic carbocycles. The number of aromatic nitrogens is 4. The normalized spacial score (nSPS) is 14.6. The van der Waals surface area contributed by atoms with Gasteiger partial charge in [0.15, 0.2) is 5.65 Å². The number of fused-ring (bicyclic) bond motifs is 1. The first-order valence-corrected chi connectivity index (χ1v) is 8.57. The summed E-state index contributed by atoms with van der Waals surface area (Å²) < 4.78 is 2.07. The molecule has 0 amide bonds. The summed E-state index contributed by atoms with van der Waals surface area (Å²) in [6.07, 6.45) is 8.44. The minimum Gasteiger partial charge on any atom is -0.312 e. The van der Waals surface area contributed by atoms with E-state index in [9.17, 15) is 0 Å². The van der Waals surface area contributed by atoms with Gasteiger partial charge >= 0.3 is 0 Å². The summed E-state index contributed by atoms with van der Waals surface area (Å²) >= 11 is 1.90. The zero-order valence-corrected chi connectivity index (χ0v) is 13.6. The molecule has 0 saturated heterocycles. The Morgan fingerprint density at radius 1 is 1.32 bits per heavy atom. The van der Waals surface area contributed by atoms with Gasteiger partial charge in [-0.1, -0.05) is 0 Å². The average molecular weight is 310 g/mol. The molecule has 1 fully saturated rings. The summed E-state index contributed by atoms with van der Waals surface area (Å²) in [5.41, 5.74) is 4.16. The lowest BCUT2D eigenvalue weighted by Crippen LogP contribution is -1.96. The Kier molecular flexibility index (Phi) is 3.37. The van der Waals surface area contributed by atoms with Crippen molar-refractivity contribution in [2.24, 2.45) is 13.0 Å². The van der Waals surface area contributed by atoms with Crippen LogP contribution >= 0.6 is 11.8 Å². The number of imidazole rings is 1. The molecule has 3 aromatic heterocycles. The molecule has 22 heavy (non-hydrogen) atoms. The fraction of sp³-hybridized carbons (Fsp3) is 0.353. The Morgan fingerprint density at radius 3 is 3.00 bits per heavy atom. The summed E-state index contributed by atoms with van der Waals surface area (Å²) in [5, 5.41) is 0. The van der Waals surface area contributed by atoms with Crippen LogP contribution in [0.15, 0.2) is 35.6 Å². The lowest BCUT2D eigenvalue weighted by atomic mass is 10.2. The number of aryl methyl sites for hydroxylation is 2. The number of nitrogens with zero attached hydrogens (tertiary/aromatic N) is 4. The van der Waals surface area contributed by atoms with Gasteiger partial charge in [0.05, 0.1) is 0 Å². The molecule has 3 heterocycles. The van der Waals surface area contributed by atoms with Crippen LogP contribution in [0.2, 0.25) is 0 Å². The van der Waals surface area contributed by atoms with E-state index < -0.39 is 0 Å².